The monoisotopic (exact) mass is 345 g/mol. The molecule has 2 aliphatic carbocycles. The molecule has 0 N–H and O–H groups in total. The molecule has 0 aliphatic heterocycles. The minimum absolute atomic E-state index is 0.0794. The van der Waals surface area contributed by atoms with E-state index in [-0.39, 0.29) is 16.6 Å². The molecule has 2 aromatic rings. The number of carbonyl (C=O) groups excluding carboxylic acids is 1. The highest BCUT2D eigenvalue weighted by Crippen LogP contribution is 2.66. The number of rotatable bonds is 4. The second-order valence-corrected chi connectivity index (χ2v) is 9.05. The van der Waals surface area contributed by atoms with Crippen molar-refractivity contribution in [3.63, 3.8) is 0 Å². The zero-order valence-electron chi connectivity index (χ0n) is 13.5. The molecule has 6 heteroatoms. The van der Waals surface area contributed by atoms with E-state index < -0.39 is 0 Å². The molecule has 0 spiro atoms. The van der Waals surface area contributed by atoms with Crippen LogP contribution in [0.4, 0.5) is 0 Å². The first-order chi connectivity index (χ1) is 10.9. The number of Topliss-reactive ketones (excluding diaryl/α,β-unsaturated/α-hetero) is 1. The van der Waals surface area contributed by atoms with Crippen molar-refractivity contribution in [2.45, 2.75) is 50.1 Å². The summed E-state index contributed by atoms with van der Waals surface area (Å²) in [5, 5.41) is 11.3. The second kappa shape index (κ2) is 5.11. The molecule has 2 heterocycles. The summed E-state index contributed by atoms with van der Waals surface area (Å²) in [6, 6.07) is 3.76. The predicted octanol–water partition coefficient (Wildman–Crippen LogP) is 4.08. The van der Waals surface area contributed by atoms with Gasteiger partial charge in [-0.15, -0.1) is 16.4 Å². The van der Waals surface area contributed by atoms with Crippen LogP contribution in [0, 0.1) is 5.41 Å². The fraction of sp³-hybridized carbons (Fsp3) is 0.529. The molecule has 23 heavy (non-hydrogen) atoms. The fourth-order valence-electron chi connectivity index (χ4n) is 4.06. The molecule has 2 atom stereocenters. The first-order valence-corrected chi connectivity index (χ1v) is 9.74. The summed E-state index contributed by atoms with van der Waals surface area (Å²) < 4.78 is 0. The average Bonchev–Trinajstić information content (AvgIpc) is 3.17. The van der Waals surface area contributed by atoms with Crippen LogP contribution in [0.15, 0.2) is 22.7 Å². The predicted molar refractivity (Wildman–Crippen MR) is 92.3 cm³/mol. The van der Waals surface area contributed by atoms with Gasteiger partial charge in [0.05, 0.1) is 22.0 Å². The van der Waals surface area contributed by atoms with Gasteiger partial charge in [-0.2, -0.15) is 5.10 Å². The Morgan fingerprint density at radius 2 is 2.22 bits per heavy atom. The molecule has 0 aromatic carbocycles. The first-order valence-electron chi connectivity index (χ1n) is 7.88. The van der Waals surface area contributed by atoms with Crippen LogP contribution in [-0.2, 0) is 5.41 Å². The third kappa shape index (κ3) is 2.11. The van der Waals surface area contributed by atoms with E-state index in [0.29, 0.717) is 16.8 Å². The number of thiophene rings is 1. The van der Waals surface area contributed by atoms with Gasteiger partial charge in [0.25, 0.3) is 0 Å². The Labute approximate surface area is 144 Å². The van der Waals surface area contributed by atoms with E-state index in [4.69, 9.17) is 4.98 Å². The summed E-state index contributed by atoms with van der Waals surface area (Å²) in [7, 11) is 0. The summed E-state index contributed by atoms with van der Waals surface area (Å²) >= 11 is 2.87. The summed E-state index contributed by atoms with van der Waals surface area (Å²) in [6.07, 6.45) is 2.34. The van der Waals surface area contributed by atoms with Gasteiger partial charge in [-0.05, 0) is 29.7 Å². The van der Waals surface area contributed by atoms with Gasteiger partial charge in [0.15, 0.2) is 5.78 Å². The molecule has 2 aromatic heterocycles. The van der Waals surface area contributed by atoms with E-state index in [1.807, 2.05) is 17.5 Å². The number of carbonyl (C=O) groups is 1. The zero-order chi connectivity index (χ0) is 16.2. The van der Waals surface area contributed by atoms with E-state index in [1.165, 1.54) is 29.5 Å². The molecular weight excluding hydrogens is 326 g/mol. The van der Waals surface area contributed by atoms with Gasteiger partial charge in [0.1, 0.15) is 0 Å². The molecular formula is C17H19N3OS2. The lowest BCUT2D eigenvalue weighted by Crippen LogP contribution is -2.32. The average molecular weight is 345 g/mol. The van der Waals surface area contributed by atoms with Crippen LogP contribution in [-0.4, -0.2) is 26.7 Å². The van der Waals surface area contributed by atoms with Gasteiger partial charge >= 0.3 is 0 Å². The maximum Gasteiger partial charge on any atom is 0.209 e. The van der Waals surface area contributed by atoms with Crippen molar-refractivity contribution in [2.24, 2.45) is 5.41 Å². The van der Waals surface area contributed by atoms with Crippen LogP contribution in [0.5, 0.6) is 0 Å². The number of nitrogens with zero attached hydrogens (tertiary/aromatic N) is 3. The van der Waals surface area contributed by atoms with Crippen molar-refractivity contribution in [3.8, 4) is 0 Å². The molecule has 2 bridgehead atoms. The number of hydrogen-bond donors (Lipinski definition) is 0. The summed E-state index contributed by atoms with van der Waals surface area (Å²) in [4.78, 5) is 17.7. The Balaban J connectivity index is 1.57. The van der Waals surface area contributed by atoms with Crippen LogP contribution in [0.2, 0.25) is 0 Å². The second-order valence-electron chi connectivity index (χ2n) is 7.16. The third-order valence-electron chi connectivity index (χ3n) is 5.90. The van der Waals surface area contributed by atoms with E-state index in [2.05, 4.69) is 31.0 Å². The minimum Gasteiger partial charge on any atom is -0.292 e. The minimum atomic E-state index is 0.0794. The number of thioether (sulfide) groups is 1. The fourth-order valence-corrected chi connectivity index (χ4v) is 5.49. The Hall–Kier alpha value is -1.27. The third-order valence-corrected chi connectivity index (χ3v) is 7.65. The van der Waals surface area contributed by atoms with Crippen molar-refractivity contribution in [3.05, 3.63) is 33.8 Å². The van der Waals surface area contributed by atoms with Crippen molar-refractivity contribution < 1.29 is 4.79 Å². The van der Waals surface area contributed by atoms with E-state index in [1.54, 1.807) is 0 Å². The van der Waals surface area contributed by atoms with E-state index >= 15 is 0 Å². The van der Waals surface area contributed by atoms with Crippen molar-refractivity contribution in [2.75, 3.05) is 5.75 Å². The van der Waals surface area contributed by atoms with Crippen molar-refractivity contribution >= 4 is 28.9 Å². The SMILES string of the molecule is CC1(C)[C@H]2CC[C@]1(C)c1nc(SCC(=O)c3cccs3)nnc12. The number of ketones is 1. The molecule has 4 nitrogen and oxygen atoms in total. The normalized spacial score (nSPS) is 27.2. The quantitative estimate of drug-likeness (QED) is 0.617. The number of hydrogen-bond acceptors (Lipinski definition) is 6. The molecule has 1 saturated carbocycles. The Kier molecular flexibility index (Phi) is 3.39. The summed E-state index contributed by atoms with van der Waals surface area (Å²) in [5.41, 5.74) is 2.46. The zero-order valence-corrected chi connectivity index (χ0v) is 15.1. The number of fused-ring (bicyclic) bond motifs is 5. The molecule has 1 fully saturated rings. The lowest BCUT2D eigenvalue weighted by atomic mass is 9.70. The Bertz CT molecular complexity index is 772. The van der Waals surface area contributed by atoms with Gasteiger partial charge < -0.3 is 0 Å². The number of aromatic nitrogens is 3. The van der Waals surface area contributed by atoms with Crippen molar-refractivity contribution in [1.29, 1.82) is 0 Å². The lowest BCUT2D eigenvalue weighted by Gasteiger charge is -2.33. The highest BCUT2D eigenvalue weighted by atomic mass is 32.2. The van der Waals surface area contributed by atoms with Crippen LogP contribution in [0.25, 0.3) is 0 Å². The molecule has 4 rings (SSSR count). The van der Waals surface area contributed by atoms with E-state index in [9.17, 15) is 4.79 Å². The summed E-state index contributed by atoms with van der Waals surface area (Å²) in [6.45, 7) is 6.95. The molecule has 0 amide bonds. The smallest absolute Gasteiger partial charge is 0.209 e. The van der Waals surface area contributed by atoms with Gasteiger partial charge in [0.2, 0.25) is 5.16 Å². The maximum absolute atomic E-state index is 12.1. The van der Waals surface area contributed by atoms with Crippen molar-refractivity contribution in [1.82, 2.24) is 15.2 Å². The van der Waals surface area contributed by atoms with Gasteiger partial charge in [-0.3, -0.25) is 4.79 Å². The van der Waals surface area contributed by atoms with Crippen LogP contribution in [0.1, 0.15) is 60.6 Å². The Morgan fingerprint density at radius 1 is 1.39 bits per heavy atom. The highest BCUT2D eigenvalue weighted by Gasteiger charge is 2.61. The standard InChI is InChI=1S/C17H19N3OS2/c1-16(2)10-6-7-17(16,3)14-13(10)19-20-15(18-14)23-9-11(21)12-5-4-8-22-12/h4-5,8,10H,6-7,9H2,1-3H3/t10-,17+/m0/s1. The van der Waals surface area contributed by atoms with Gasteiger partial charge in [0, 0.05) is 11.3 Å². The first kappa shape index (κ1) is 15.3. The largest absolute Gasteiger partial charge is 0.292 e. The topological polar surface area (TPSA) is 55.7 Å². The highest BCUT2D eigenvalue weighted by molar-refractivity contribution is 7.99. The Morgan fingerprint density at radius 3 is 2.96 bits per heavy atom. The van der Waals surface area contributed by atoms with Crippen LogP contribution in [0.3, 0.4) is 0 Å². The molecule has 0 unspecified atom stereocenters. The summed E-state index contributed by atoms with van der Waals surface area (Å²) in [5.74, 6) is 0.960. The maximum atomic E-state index is 12.1. The lowest BCUT2D eigenvalue weighted by molar-refractivity contribution is 0.102. The molecule has 2 aliphatic rings. The molecule has 0 radical (unpaired) electrons. The molecule has 0 saturated heterocycles. The van der Waals surface area contributed by atoms with Gasteiger partial charge in [-0.25, -0.2) is 4.98 Å². The van der Waals surface area contributed by atoms with Crippen LogP contribution >= 0.6 is 23.1 Å². The van der Waals surface area contributed by atoms with Crippen LogP contribution < -0.4 is 0 Å². The van der Waals surface area contributed by atoms with Gasteiger partial charge in [-0.1, -0.05) is 38.6 Å². The molecule has 120 valence electrons. The van der Waals surface area contributed by atoms with E-state index in [0.717, 1.165) is 22.7 Å².